The van der Waals surface area contributed by atoms with E-state index in [1.54, 1.807) is 13.0 Å². The fourth-order valence-corrected chi connectivity index (χ4v) is 1.39. The van der Waals surface area contributed by atoms with E-state index in [2.05, 4.69) is 5.32 Å². The molecule has 0 bridgehead atoms. The number of carbonyl (C=O) groups excluding carboxylic acids is 1. The standard InChI is InChI=1S/C12H10FNO3/c1-7-4-5-17-11(7)12(16)14-10-3-2-8(15)6-9(10)13/h2-6,15H,1H3,(H,14,16). The Kier molecular flexibility index (Phi) is 2.82. The van der Waals surface area contributed by atoms with Gasteiger partial charge in [0.25, 0.3) is 5.91 Å². The van der Waals surface area contributed by atoms with Crippen molar-refractivity contribution in [3.63, 3.8) is 0 Å². The number of amides is 1. The molecule has 4 nitrogen and oxygen atoms in total. The Morgan fingerprint density at radius 1 is 1.41 bits per heavy atom. The van der Waals surface area contributed by atoms with E-state index in [-0.39, 0.29) is 17.2 Å². The van der Waals surface area contributed by atoms with E-state index in [4.69, 9.17) is 9.52 Å². The van der Waals surface area contributed by atoms with Crippen LogP contribution in [0.1, 0.15) is 16.1 Å². The Morgan fingerprint density at radius 2 is 2.18 bits per heavy atom. The van der Waals surface area contributed by atoms with Crippen molar-refractivity contribution in [2.75, 3.05) is 5.32 Å². The van der Waals surface area contributed by atoms with Crippen LogP contribution in [0.3, 0.4) is 0 Å². The fourth-order valence-electron chi connectivity index (χ4n) is 1.39. The first kappa shape index (κ1) is 11.2. The average Bonchev–Trinajstić information content (AvgIpc) is 2.68. The lowest BCUT2D eigenvalue weighted by molar-refractivity contribution is 0.0995. The van der Waals surface area contributed by atoms with Crippen LogP contribution in [0.2, 0.25) is 0 Å². The molecule has 0 fully saturated rings. The molecule has 5 heteroatoms. The molecule has 0 saturated heterocycles. The summed E-state index contributed by atoms with van der Waals surface area (Å²) in [6, 6.07) is 5.13. The van der Waals surface area contributed by atoms with Gasteiger partial charge in [-0.15, -0.1) is 0 Å². The number of halogens is 1. The molecule has 1 aromatic carbocycles. The molecular formula is C12H10FNO3. The zero-order valence-corrected chi connectivity index (χ0v) is 9.03. The molecule has 0 aliphatic rings. The molecule has 88 valence electrons. The number of rotatable bonds is 2. The number of carbonyl (C=O) groups is 1. The Balaban J connectivity index is 2.22. The molecule has 2 aromatic rings. The molecule has 1 aromatic heterocycles. The summed E-state index contributed by atoms with van der Waals surface area (Å²) in [5.74, 6) is -1.30. The summed E-state index contributed by atoms with van der Waals surface area (Å²) in [5, 5.41) is 11.4. The van der Waals surface area contributed by atoms with Gasteiger partial charge in [0, 0.05) is 11.6 Å². The summed E-state index contributed by atoms with van der Waals surface area (Å²) >= 11 is 0. The first-order chi connectivity index (χ1) is 8.08. The Hall–Kier alpha value is -2.30. The van der Waals surface area contributed by atoms with E-state index in [1.165, 1.54) is 18.4 Å². The molecule has 1 amide bonds. The number of anilines is 1. The SMILES string of the molecule is Cc1ccoc1C(=O)Nc1ccc(O)cc1F. The zero-order valence-electron chi connectivity index (χ0n) is 9.03. The third-order valence-electron chi connectivity index (χ3n) is 2.27. The topological polar surface area (TPSA) is 62.5 Å². The molecule has 0 spiro atoms. The Labute approximate surface area is 96.7 Å². The highest BCUT2D eigenvalue weighted by molar-refractivity contribution is 6.03. The van der Waals surface area contributed by atoms with Crippen LogP contribution < -0.4 is 5.32 Å². The van der Waals surface area contributed by atoms with Crippen LogP contribution in [0.4, 0.5) is 10.1 Å². The number of aromatic hydroxyl groups is 1. The van der Waals surface area contributed by atoms with Gasteiger partial charge >= 0.3 is 0 Å². The molecule has 0 aliphatic heterocycles. The quantitative estimate of drug-likeness (QED) is 0.786. The summed E-state index contributed by atoms with van der Waals surface area (Å²) in [4.78, 5) is 11.7. The lowest BCUT2D eigenvalue weighted by Crippen LogP contribution is -2.13. The summed E-state index contributed by atoms with van der Waals surface area (Å²) < 4.78 is 18.3. The number of nitrogens with one attached hydrogen (secondary N) is 1. The average molecular weight is 235 g/mol. The number of hydrogen-bond donors (Lipinski definition) is 2. The second kappa shape index (κ2) is 4.29. The number of benzene rings is 1. The van der Waals surface area contributed by atoms with Crippen LogP contribution in [0, 0.1) is 12.7 Å². The predicted molar refractivity (Wildman–Crippen MR) is 59.5 cm³/mol. The largest absolute Gasteiger partial charge is 0.508 e. The zero-order chi connectivity index (χ0) is 12.4. The lowest BCUT2D eigenvalue weighted by atomic mass is 10.2. The predicted octanol–water partition coefficient (Wildman–Crippen LogP) is 2.69. The van der Waals surface area contributed by atoms with Gasteiger partial charge in [-0.05, 0) is 25.1 Å². The van der Waals surface area contributed by atoms with Gasteiger partial charge in [-0.25, -0.2) is 4.39 Å². The van der Waals surface area contributed by atoms with E-state index in [1.807, 2.05) is 0 Å². The first-order valence-electron chi connectivity index (χ1n) is 4.92. The first-order valence-corrected chi connectivity index (χ1v) is 4.92. The van der Waals surface area contributed by atoms with Gasteiger partial charge in [-0.2, -0.15) is 0 Å². The maximum Gasteiger partial charge on any atom is 0.291 e. The maximum absolute atomic E-state index is 13.3. The summed E-state index contributed by atoms with van der Waals surface area (Å²) in [5.41, 5.74) is 0.658. The molecule has 0 atom stereocenters. The van der Waals surface area contributed by atoms with Crippen LogP contribution in [-0.2, 0) is 0 Å². The van der Waals surface area contributed by atoms with Crippen molar-refractivity contribution in [3.05, 3.63) is 47.7 Å². The minimum atomic E-state index is -0.706. The minimum Gasteiger partial charge on any atom is -0.508 e. The monoisotopic (exact) mass is 235 g/mol. The summed E-state index contributed by atoms with van der Waals surface area (Å²) in [6.07, 6.45) is 1.39. The van der Waals surface area contributed by atoms with Gasteiger partial charge in [-0.1, -0.05) is 0 Å². The third kappa shape index (κ3) is 2.28. The van der Waals surface area contributed by atoms with Crippen LogP contribution in [0.15, 0.2) is 34.9 Å². The van der Waals surface area contributed by atoms with E-state index < -0.39 is 11.7 Å². The maximum atomic E-state index is 13.3. The van der Waals surface area contributed by atoms with Crippen molar-refractivity contribution >= 4 is 11.6 Å². The molecular weight excluding hydrogens is 225 g/mol. The van der Waals surface area contributed by atoms with Crippen molar-refractivity contribution in [2.24, 2.45) is 0 Å². The van der Waals surface area contributed by atoms with E-state index in [0.717, 1.165) is 6.07 Å². The number of furan rings is 1. The van der Waals surface area contributed by atoms with E-state index in [9.17, 15) is 9.18 Å². The van der Waals surface area contributed by atoms with Crippen molar-refractivity contribution < 1.29 is 18.7 Å². The van der Waals surface area contributed by atoms with E-state index in [0.29, 0.717) is 5.56 Å². The highest BCUT2D eigenvalue weighted by Crippen LogP contribution is 2.20. The highest BCUT2D eigenvalue weighted by Gasteiger charge is 2.14. The van der Waals surface area contributed by atoms with Crippen molar-refractivity contribution in [1.82, 2.24) is 0 Å². The van der Waals surface area contributed by atoms with Crippen LogP contribution >= 0.6 is 0 Å². The summed E-state index contributed by atoms with van der Waals surface area (Å²) in [6.45, 7) is 1.71. The van der Waals surface area contributed by atoms with Crippen molar-refractivity contribution in [1.29, 1.82) is 0 Å². The molecule has 0 aliphatic carbocycles. The van der Waals surface area contributed by atoms with Gasteiger partial charge < -0.3 is 14.8 Å². The molecule has 0 unspecified atom stereocenters. The van der Waals surface area contributed by atoms with Gasteiger partial charge in [0.1, 0.15) is 11.6 Å². The Bertz CT molecular complexity index is 563. The molecule has 1 heterocycles. The number of aryl methyl sites for hydroxylation is 1. The second-order valence-electron chi connectivity index (χ2n) is 3.55. The van der Waals surface area contributed by atoms with Gasteiger partial charge in [0.15, 0.2) is 5.76 Å². The number of phenolic OH excluding ortho intramolecular Hbond substituents is 1. The number of phenols is 1. The highest BCUT2D eigenvalue weighted by atomic mass is 19.1. The third-order valence-corrected chi connectivity index (χ3v) is 2.27. The molecule has 2 N–H and O–H groups in total. The van der Waals surface area contributed by atoms with Crippen molar-refractivity contribution in [3.8, 4) is 5.75 Å². The van der Waals surface area contributed by atoms with Crippen LogP contribution in [0.5, 0.6) is 5.75 Å². The number of hydrogen-bond acceptors (Lipinski definition) is 3. The van der Waals surface area contributed by atoms with E-state index >= 15 is 0 Å². The lowest BCUT2D eigenvalue weighted by Gasteiger charge is -2.05. The summed E-state index contributed by atoms with van der Waals surface area (Å²) in [7, 11) is 0. The van der Waals surface area contributed by atoms with Crippen LogP contribution in [-0.4, -0.2) is 11.0 Å². The molecule has 0 saturated carbocycles. The van der Waals surface area contributed by atoms with Gasteiger partial charge in [-0.3, -0.25) is 4.79 Å². The van der Waals surface area contributed by atoms with Crippen LogP contribution in [0.25, 0.3) is 0 Å². The normalized spacial score (nSPS) is 10.2. The molecule has 2 rings (SSSR count). The van der Waals surface area contributed by atoms with Gasteiger partial charge in [0.05, 0.1) is 12.0 Å². The van der Waals surface area contributed by atoms with Gasteiger partial charge in [0.2, 0.25) is 0 Å². The Morgan fingerprint density at radius 3 is 2.76 bits per heavy atom. The smallest absolute Gasteiger partial charge is 0.291 e. The second-order valence-corrected chi connectivity index (χ2v) is 3.55. The minimum absolute atomic E-state index is 0.0106. The fraction of sp³-hybridized carbons (Fsp3) is 0.0833. The van der Waals surface area contributed by atoms with Crippen molar-refractivity contribution in [2.45, 2.75) is 6.92 Å². The molecule has 17 heavy (non-hydrogen) atoms. The molecule has 0 radical (unpaired) electrons.